The molecule has 1 aliphatic carbocycles. The monoisotopic (exact) mass is 424 g/mol. The maximum Gasteiger partial charge on any atom is 0.267 e. The van der Waals surface area contributed by atoms with Crippen LogP contribution in [0.5, 0.6) is 0 Å². The van der Waals surface area contributed by atoms with E-state index in [2.05, 4.69) is 15.0 Å². The van der Waals surface area contributed by atoms with Crippen LogP contribution in [0.15, 0.2) is 67.3 Å². The Morgan fingerprint density at radius 2 is 1.84 bits per heavy atom. The van der Waals surface area contributed by atoms with Gasteiger partial charge in [0.25, 0.3) is 5.91 Å². The highest BCUT2D eigenvalue weighted by Gasteiger charge is 2.28. The quantitative estimate of drug-likeness (QED) is 0.433. The number of carbonyl (C=O) groups is 2. The number of Topliss-reactive ketones (excluding diaryl/α,β-unsaturated/α-hetero) is 1. The summed E-state index contributed by atoms with van der Waals surface area (Å²) in [4.78, 5) is 36.7. The van der Waals surface area contributed by atoms with Crippen LogP contribution in [-0.2, 0) is 12.8 Å². The van der Waals surface area contributed by atoms with Crippen LogP contribution in [0.25, 0.3) is 22.3 Å². The van der Waals surface area contributed by atoms with Crippen molar-refractivity contribution in [2.24, 2.45) is 5.73 Å². The summed E-state index contributed by atoms with van der Waals surface area (Å²) >= 11 is 0. The minimum atomic E-state index is -0.631. The third-order valence-electron chi connectivity index (χ3n) is 5.62. The van der Waals surface area contributed by atoms with E-state index in [-0.39, 0.29) is 23.7 Å². The fraction of sp³-hybridized carbons (Fsp3) is 0.0800. The van der Waals surface area contributed by atoms with Crippen molar-refractivity contribution in [3.63, 3.8) is 0 Å². The van der Waals surface area contributed by atoms with Gasteiger partial charge in [0.05, 0.1) is 0 Å². The first-order chi connectivity index (χ1) is 15.5. The molecule has 0 saturated carbocycles. The Morgan fingerprint density at radius 3 is 2.59 bits per heavy atom. The van der Waals surface area contributed by atoms with Crippen molar-refractivity contribution >= 4 is 11.7 Å². The first kappa shape index (κ1) is 19.7. The number of halogens is 1. The third kappa shape index (κ3) is 3.33. The Hall–Kier alpha value is -4.26. The summed E-state index contributed by atoms with van der Waals surface area (Å²) in [7, 11) is 0. The molecule has 0 atom stereocenters. The number of nitrogens with two attached hydrogens (primary N) is 1. The van der Waals surface area contributed by atoms with E-state index >= 15 is 0 Å². The minimum absolute atomic E-state index is 0.116. The van der Waals surface area contributed by atoms with Gasteiger partial charge < -0.3 is 5.73 Å². The fourth-order valence-corrected chi connectivity index (χ4v) is 4.20. The molecule has 156 valence electrons. The van der Waals surface area contributed by atoms with E-state index in [1.54, 1.807) is 24.3 Å². The summed E-state index contributed by atoms with van der Waals surface area (Å²) in [5.41, 5.74) is 11.2. The van der Waals surface area contributed by atoms with Crippen molar-refractivity contribution in [1.29, 1.82) is 0 Å². The van der Waals surface area contributed by atoms with Gasteiger partial charge in [-0.1, -0.05) is 36.4 Å². The molecule has 6 nitrogen and oxygen atoms in total. The lowest BCUT2D eigenvalue weighted by molar-refractivity contribution is 0.0982. The zero-order valence-corrected chi connectivity index (χ0v) is 16.9. The van der Waals surface area contributed by atoms with E-state index < -0.39 is 5.91 Å². The number of aromatic nitrogens is 3. The number of nitrogens with zero attached hydrogens (tertiary/aromatic N) is 3. The molecule has 32 heavy (non-hydrogen) atoms. The molecule has 0 unspecified atom stereocenters. The summed E-state index contributed by atoms with van der Waals surface area (Å²) in [6.45, 7) is 0. The van der Waals surface area contributed by atoms with Crippen LogP contribution in [-0.4, -0.2) is 26.6 Å². The summed E-state index contributed by atoms with van der Waals surface area (Å²) in [6.07, 6.45) is 4.98. The lowest BCUT2D eigenvalue weighted by Gasteiger charge is -2.12. The molecule has 0 radical (unpaired) electrons. The zero-order chi connectivity index (χ0) is 22.2. The fourth-order valence-electron chi connectivity index (χ4n) is 4.20. The second-order valence-electron chi connectivity index (χ2n) is 7.58. The Labute approximate surface area is 183 Å². The van der Waals surface area contributed by atoms with Crippen molar-refractivity contribution in [3.05, 3.63) is 101 Å². The molecule has 1 amide bonds. The lowest BCUT2D eigenvalue weighted by Crippen LogP contribution is -2.16. The van der Waals surface area contributed by atoms with Crippen LogP contribution in [0.3, 0.4) is 0 Å². The van der Waals surface area contributed by atoms with Gasteiger partial charge in [0.15, 0.2) is 5.78 Å². The third-order valence-corrected chi connectivity index (χ3v) is 5.62. The first-order valence-electron chi connectivity index (χ1n) is 10.0. The highest BCUT2D eigenvalue weighted by molar-refractivity contribution is 6.00. The molecule has 2 heterocycles. The Balaban J connectivity index is 1.59. The van der Waals surface area contributed by atoms with E-state index in [0.717, 1.165) is 22.3 Å². The van der Waals surface area contributed by atoms with E-state index in [1.165, 1.54) is 24.8 Å². The molecule has 7 heteroatoms. The number of pyridine rings is 1. The predicted octanol–water partition coefficient (Wildman–Crippen LogP) is 3.77. The Bertz CT molecular complexity index is 1390. The van der Waals surface area contributed by atoms with Gasteiger partial charge in [0.2, 0.25) is 0 Å². The number of fused-ring (bicyclic) bond motifs is 3. The highest BCUT2D eigenvalue weighted by Crippen LogP contribution is 2.44. The van der Waals surface area contributed by atoms with Gasteiger partial charge >= 0.3 is 0 Å². The number of amides is 1. The van der Waals surface area contributed by atoms with Crippen LogP contribution in [0.4, 0.5) is 4.39 Å². The Morgan fingerprint density at radius 1 is 1.00 bits per heavy atom. The molecule has 5 rings (SSSR count). The molecule has 0 spiro atoms. The maximum atomic E-state index is 14.6. The highest BCUT2D eigenvalue weighted by atomic mass is 19.1. The van der Waals surface area contributed by atoms with Crippen molar-refractivity contribution in [2.45, 2.75) is 12.8 Å². The van der Waals surface area contributed by atoms with E-state index in [1.807, 2.05) is 18.2 Å². The average molecular weight is 424 g/mol. The predicted molar refractivity (Wildman–Crippen MR) is 116 cm³/mol. The number of ketones is 1. The van der Waals surface area contributed by atoms with E-state index in [0.29, 0.717) is 28.8 Å². The summed E-state index contributed by atoms with van der Waals surface area (Å²) in [5, 5.41) is 0. The average Bonchev–Trinajstić information content (AvgIpc) is 3.18. The molecule has 2 aromatic heterocycles. The minimum Gasteiger partial charge on any atom is -0.364 e. The van der Waals surface area contributed by atoms with Crippen LogP contribution >= 0.6 is 0 Å². The van der Waals surface area contributed by atoms with Crippen LogP contribution < -0.4 is 5.73 Å². The SMILES string of the molecule is NC(=O)c1ncc(-c2ccccc2F)c2c1Cc1cc(CC(=O)c3ccncn3)ccc1-2. The summed E-state index contributed by atoms with van der Waals surface area (Å²) < 4.78 is 14.6. The zero-order valence-electron chi connectivity index (χ0n) is 16.9. The van der Waals surface area contributed by atoms with Gasteiger partial charge in [-0.3, -0.25) is 14.6 Å². The standard InChI is InChI=1S/C25H17FN4O2/c26-20-4-2-1-3-17(20)19-12-29-24(25(27)32)18-11-15-9-14(5-6-16(15)23(18)19)10-22(31)21-7-8-28-13-30-21/h1-9,12-13H,10-11H2,(H2,27,32). The van der Waals surface area contributed by atoms with Gasteiger partial charge in [0.1, 0.15) is 23.5 Å². The number of benzene rings is 2. The molecular weight excluding hydrogens is 407 g/mol. The van der Waals surface area contributed by atoms with Crippen LogP contribution in [0.1, 0.15) is 37.7 Å². The molecule has 0 fully saturated rings. The Kier molecular flexibility index (Phi) is 4.78. The van der Waals surface area contributed by atoms with Crippen molar-refractivity contribution < 1.29 is 14.0 Å². The summed E-state index contributed by atoms with van der Waals surface area (Å²) in [6, 6.07) is 13.7. The number of hydrogen-bond acceptors (Lipinski definition) is 5. The van der Waals surface area contributed by atoms with E-state index in [9.17, 15) is 14.0 Å². The molecule has 2 aromatic carbocycles. The second kappa shape index (κ2) is 7.77. The molecule has 1 aliphatic rings. The molecule has 0 bridgehead atoms. The number of hydrogen-bond donors (Lipinski definition) is 1. The molecule has 0 aliphatic heterocycles. The smallest absolute Gasteiger partial charge is 0.267 e. The van der Waals surface area contributed by atoms with E-state index in [4.69, 9.17) is 5.73 Å². The maximum absolute atomic E-state index is 14.6. The van der Waals surface area contributed by atoms with Crippen LogP contribution in [0.2, 0.25) is 0 Å². The molecular formula is C25H17FN4O2. The molecule has 0 saturated heterocycles. The van der Waals surface area contributed by atoms with Crippen LogP contribution in [0, 0.1) is 5.82 Å². The number of rotatable bonds is 5. The van der Waals surface area contributed by atoms with Gasteiger partial charge in [0, 0.05) is 36.4 Å². The van der Waals surface area contributed by atoms with Crippen molar-refractivity contribution in [1.82, 2.24) is 15.0 Å². The number of primary amides is 1. The van der Waals surface area contributed by atoms with Gasteiger partial charge in [-0.25, -0.2) is 14.4 Å². The normalized spacial score (nSPS) is 11.7. The second-order valence-corrected chi connectivity index (χ2v) is 7.58. The summed E-state index contributed by atoms with van der Waals surface area (Å²) in [5.74, 6) is -1.12. The van der Waals surface area contributed by atoms with Gasteiger partial charge in [-0.05, 0) is 39.9 Å². The lowest BCUT2D eigenvalue weighted by atomic mass is 9.94. The van der Waals surface area contributed by atoms with Gasteiger partial charge in [-0.2, -0.15) is 0 Å². The largest absolute Gasteiger partial charge is 0.364 e. The van der Waals surface area contributed by atoms with Crippen molar-refractivity contribution in [3.8, 4) is 22.3 Å². The van der Waals surface area contributed by atoms with Gasteiger partial charge in [-0.15, -0.1) is 0 Å². The number of carbonyl (C=O) groups excluding carboxylic acids is 2. The topological polar surface area (TPSA) is 98.8 Å². The molecule has 2 N–H and O–H groups in total. The first-order valence-corrected chi connectivity index (χ1v) is 10.0. The van der Waals surface area contributed by atoms with Crippen molar-refractivity contribution in [2.75, 3.05) is 0 Å². The molecule has 4 aromatic rings.